The molecule has 0 spiro atoms. The van der Waals surface area contributed by atoms with Crippen LogP contribution in [0.3, 0.4) is 0 Å². The van der Waals surface area contributed by atoms with Crippen molar-refractivity contribution in [3.05, 3.63) is 0 Å². The number of nitrogens with one attached hydrogen (secondary N) is 2. The zero-order valence-electron chi connectivity index (χ0n) is 12.1. The molecule has 1 aliphatic heterocycles. The van der Waals surface area contributed by atoms with Gasteiger partial charge >= 0.3 is 18.2 Å². The number of rotatable bonds is 3. The number of alkyl halides is 3. The molecule has 0 aromatic carbocycles. The quantitative estimate of drug-likeness (QED) is 0.743. The van der Waals surface area contributed by atoms with Crippen LogP contribution in [0, 0.1) is 0 Å². The standard InChI is InChI=1S/C12H20F3N3O3/c1-7-5-4-6-8(2)18(7)17-10(21)16-11(3,9(19)20)12(13,14)15/h7-8H,4-6H2,1-3H3,(H,19,20)(H2,16,17,21). The van der Waals surface area contributed by atoms with Crippen molar-refractivity contribution in [2.45, 2.75) is 63.8 Å². The fraction of sp³-hybridized carbons (Fsp3) is 0.833. The normalized spacial score (nSPS) is 26.8. The van der Waals surface area contributed by atoms with Crippen LogP contribution in [0.2, 0.25) is 0 Å². The van der Waals surface area contributed by atoms with E-state index in [0.717, 1.165) is 19.3 Å². The van der Waals surface area contributed by atoms with Crippen molar-refractivity contribution in [2.24, 2.45) is 0 Å². The van der Waals surface area contributed by atoms with E-state index in [-0.39, 0.29) is 12.1 Å². The second-order valence-corrected chi connectivity index (χ2v) is 5.53. The van der Waals surface area contributed by atoms with Gasteiger partial charge in [-0.05, 0) is 33.6 Å². The number of hydrogen-bond acceptors (Lipinski definition) is 3. The zero-order chi connectivity index (χ0) is 16.4. The second-order valence-electron chi connectivity index (χ2n) is 5.53. The Kier molecular flexibility index (Phi) is 5.08. The maximum atomic E-state index is 12.8. The predicted molar refractivity (Wildman–Crippen MR) is 68.4 cm³/mol. The third kappa shape index (κ3) is 3.78. The summed E-state index contributed by atoms with van der Waals surface area (Å²) in [6.07, 6.45) is -2.52. The number of carbonyl (C=O) groups is 2. The summed E-state index contributed by atoms with van der Waals surface area (Å²) in [5.74, 6) is -2.16. The summed E-state index contributed by atoms with van der Waals surface area (Å²) in [7, 11) is 0. The van der Waals surface area contributed by atoms with E-state index in [4.69, 9.17) is 5.11 Å². The van der Waals surface area contributed by atoms with Crippen LogP contribution in [-0.2, 0) is 4.79 Å². The lowest BCUT2D eigenvalue weighted by Crippen LogP contribution is -2.66. The summed E-state index contributed by atoms with van der Waals surface area (Å²) < 4.78 is 38.4. The van der Waals surface area contributed by atoms with Crippen LogP contribution < -0.4 is 10.7 Å². The summed E-state index contributed by atoms with van der Waals surface area (Å²) in [6.45, 7) is 4.10. The molecule has 3 N–H and O–H groups in total. The molecule has 122 valence electrons. The van der Waals surface area contributed by atoms with Gasteiger partial charge in [-0.15, -0.1) is 0 Å². The maximum Gasteiger partial charge on any atom is 0.422 e. The number of halogens is 3. The minimum Gasteiger partial charge on any atom is -0.479 e. The van der Waals surface area contributed by atoms with Crippen LogP contribution in [0.25, 0.3) is 0 Å². The SMILES string of the molecule is CC1CCCC(C)N1NC(=O)NC(C)(C(=O)O)C(F)(F)F. The number of carboxylic acids is 1. The fourth-order valence-corrected chi connectivity index (χ4v) is 2.26. The van der Waals surface area contributed by atoms with Crippen LogP contribution in [0.1, 0.15) is 40.0 Å². The average molecular weight is 311 g/mol. The van der Waals surface area contributed by atoms with Gasteiger partial charge in [-0.1, -0.05) is 6.42 Å². The third-order valence-electron chi connectivity index (χ3n) is 3.78. The van der Waals surface area contributed by atoms with Crippen molar-refractivity contribution in [1.29, 1.82) is 0 Å². The monoisotopic (exact) mass is 311 g/mol. The summed E-state index contributed by atoms with van der Waals surface area (Å²) in [5, 5.41) is 11.8. The van der Waals surface area contributed by atoms with Crippen LogP contribution in [-0.4, -0.2) is 45.9 Å². The summed E-state index contributed by atoms with van der Waals surface area (Å²) in [4.78, 5) is 22.6. The highest BCUT2D eigenvalue weighted by atomic mass is 19.4. The average Bonchev–Trinajstić information content (AvgIpc) is 2.32. The smallest absolute Gasteiger partial charge is 0.422 e. The largest absolute Gasteiger partial charge is 0.479 e. The van der Waals surface area contributed by atoms with Crippen molar-refractivity contribution in [2.75, 3.05) is 0 Å². The molecule has 3 atom stereocenters. The molecule has 0 saturated carbocycles. The number of piperidine rings is 1. The predicted octanol–water partition coefficient (Wildman–Crippen LogP) is 1.87. The Hall–Kier alpha value is -1.51. The Labute approximate surface area is 120 Å². The van der Waals surface area contributed by atoms with Gasteiger partial charge in [-0.3, -0.25) is 5.43 Å². The lowest BCUT2D eigenvalue weighted by atomic mass is 10.00. The molecule has 0 aromatic heterocycles. The molecule has 0 aromatic rings. The number of carbonyl (C=O) groups excluding carboxylic acids is 1. The highest BCUT2D eigenvalue weighted by Crippen LogP contribution is 2.30. The molecular weight excluding hydrogens is 291 g/mol. The van der Waals surface area contributed by atoms with Gasteiger partial charge in [0.2, 0.25) is 5.54 Å². The van der Waals surface area contributed by atoms with E-state index in [2.05, 4.69) is 5.43 Å². The molecule has 1 heterocycles. The second kappa shape index (κ2) is 6.08. The highest BCUT2D eigenvalue weighted by molar-refractivity contribution is 5.86. The summed E-state index contributed by atoms with van der Waals surface area (Å²) in [5.41, 5.74) is -1.01. The first-order chi connectivity index (χ1) is 9.49. The first-order valence-electron chi connectivity index (χ1n) is 6.66. The molecule has 0 bridgehead atoms. The van der Waals surface area contributed by atoms with E-state index < -0.39 is 23.7 Å². The summed E-state index contributed by atoms with van der Waals surface area (Å²) in [6, 6.07) is -1.24. The van der Waals surface area contributed by atoms with Gasteiger partial charge in [0.15, 0.2) is 0 Å². The molecule has 1 fully saturated rings. The minimum absolute atomic E-state index is 0.0264. The lowest BCUT2D eigenvalue weighted by Gasteiger charge is -2.39. The third-order valence-corrected chi connectivity index (χ3v) is 3.78. The maximum absolute atomic E-state index is 12.8. The van der Waals surface area contributed by atoms with E-state index in [0.29, 0.717) is 6.92 Å². The first kappa shape index (κ1) is 17.5. The molecule has 1 rings (SSSR count). The van der Waals surface area contributed by atoms with Gasteiger partial charge in [0, 0.05) is 12.1 Å². The van der Waals surface area contributed by atoms with Gasteiger partial charge in [-0.25, -0.2) is 14.6 Å². The molecule has 0 radical (unpaired) electrons. The van der Waals surface area contributed by atoms with Crippen molar-refractivity contribution < 1.29 is 27.9 Å². The first-order valence-corrected chi connectivity index (χ1v) is 6.66. The minimum atomic E-state index is -5.10. The van der Waals surface area contributed by atoms with Crippen molar-refractivity contribution in [3.63, 3.8) is 0 Å². The van der Waals surface area contributed by atoms with E-state index in [9.17, 15) is 22.8 Å². The van der Waals surface area contributed by atoms with E-state index in [1.807, 2.05) is 13.8 Å². The van der Waals surface area contributed by atoms with Crippen molar-refractivity contribution in [3.8, 4) is 0 Å². The van der Waals surface area contributed by atoms with Crippen molar-refractivity contribution in [1.82, 2.24) is 15.8 Å². The van der Waals surface area contributed by atoms with Gasteiger partial charge in [0.05, 0.1) is 0 Å². The van der Waals surface area contributed by atoms with Crippen molar-refractivity contribution >= 4 is 12.0 Å². The molecule has 3 unspecified atom stereocenters. The lowest BCUT2D eigenvalue weighted by molar-refractivity contribution is -0.203. The Bertz CT molecular complexity index is 406. The summed E-state index contributed by atoms with van der Waals surface area (Å²) >= 11 is 0. The van der Waals surface area contributed by atoms with Crippen LogP contribution in [0.5, 0.6) is 0 Å². The molecular formula is C12H20F3N3O3. The highest BCUT2D eigenvalue weighted by Gasteiger charge is 2.58. The Balaban J connectivity index is 2.77. The molecule has 2 amide bonds. The molecule has 6 nitrogen and oxygen atoms in total. The fourth-order valence-electron chi connectivity index (χ4n) is 2.26. The van der Waals surface area contributed by atoms with Gasteiger partial charge < -0.3 is 10.4 Å². The number of carboxylic acid groups (broad SMARTS) is 1. The topological polar surface area (TPSA) is 81.7 Å². The molecule has 1 saturated heterocycles. The van der Waals surface area contributed by atoms with Gasteiger partial charge in [0.1, 0.15) is 0 Å². The Morgan fingerprint density at radius 2 is 1.67 bits per heavy atom. The van der Waals surface area contributed by atoms with E-state index in [1.165, 1.54) is 5.32 Å². The zero-order valence-corrected chi connectivity index (χ0v) is 12.1. The van der Waals surface area contributed by atoms with Gasteiger partial charge in [-0.2, -0.15) is 13.2 Å². The number of urea groups is 1. The molecule has 1 aliphatic rings. The van der Waals surface area contributed by atoms with Gasteiger partial charge in [0.25, 0.3) is 0 Å². The molecule has 9 heteroatoms. The van der Waals surface area contributed by atoms with Crippen LogP contribution in [0.15, 0.2) is 0 Å². The van der Waals surface area contributed by atoms with E-state index in [1.54, 1.807) is 5.01 Å². The number of amides is 2. The van der Waals surface area contributed by atoms with Crippen LogP contribution in [0.4, 0.5) is 18.0 Å². The molecule has 0 aliphatic carbocycles. The Morgan fingerprint density at radius 3 is 2.05 bits per heavy atom. The Morgan fingerprint density at radius 1 is 1.19 bits per heavy atom. The number of aliphatic carboxylic acids is 1. The molecule has 21 heavy (non-hydrogen) atoms. The number of nitrogens with zero attached hydrogens (tertiary/aromatic N) is 1. The number of hydrogen-bond donors (Lipinski definition) is 3. The number of hydrazine groups is 1. The van der Waals surface area contributed by atoms with Crippen LogP contribution >= 0.6 is 0 Å². The van der Waals surface area contributed by atoms with E-state index >= 15 is 0 Å².